The van der Waals surface area contributed by atoms with E-state index < -0.39 is 0 Å². The maximum atomic E-state index is 13.0. The Kier molecular flexibility index (Phi) is 7.05. The van der Waals surface area contributed by atoms with Gasteiger partial charge in [-0.15, -0.1) is 0 Å². The van der Waals surface area contributed by atoms with Gasteiger partial charge in [-0.3, -0.25) is 9.59 Å². The molecule has 0 saturated carbocycles. The highest BCUT2D eigenvalue weighted by atomic mass is 16.5. The van der Waals surface area contributed by atoms with E-state index in [9.17, 15) is 9.59 Å². The minimum atomic E-state index is -0.332. The van der Waals surface area contributed by atoms with E-state index in [4.69, 9.17) is 13.6 Å². The Balaban J connectivity index is 1.30. The van der Waals surface area contributed by atoms with Crippen molar-refractivity contribution >= 4 is 34.2 Å². The highest BCUT2D eigenvalue weighted by Gasteiger charge is 2.28. The maximum Gasteiger partial charge on any atom is 0.291 e. The summed E-state index contributed by atoms with van der Waals surface area (Å²) in [5.74, 6) is 1.14. The number of benzene rings is 2. The van der Waals surface area contributed by atoms with E-state index in [2.05, 4.69) is 15.8 Å². The average molecular weight is 514 g/mol. The summed E-state index contributed by atoms with van der Waals surface area (Å²) in [6, 6.07) is 11.2. The van der Waals surface area contributed by atoms with Crippen molar-refractivity contribution in [2.24, 2.45) is 5.10 Å². The summed E-state index contributed by atoms with van der Waals surface area (Å²) in [4.78, 5) is 25.8. The lowest BCUT2D eigenvalue weighted by molar-refractivity contribution is -0.120. The second kappa shape index (κ2) is 10.6. The van der Waals surface area contributed by atoms with Gasteiger partial charge in [0.15, 0.2) is 5.76 Å². The number of hydrogen-bond donors (Lipinski definition) is 2. The zero-order valence-electron chi connectivity index (χ0n) is 22.1. The van der Waals surface area contributed by atoms with Gasteiger partial charge in [-0.1, -0.05) is 12.1 Å². The molecule has 196 valence electrons. The van der Waals surface area contributed by atoms with Gasteiger partial charge in [0, 0.05) is 34.2 Å². The van der Waals surface area contributed by atoms with Crippen LogP contribution in [-0.2, 0) is 17.6 Å². The van der Waals surface area contributed by atoms with Gasteiger partial charge in [0.05, 0.1) is 25.0 Å². The van der Waals surface area contributed by atoms with Crippen LogP contribution in [-0.4, -0.2) is 24.1 Å². The lowest BCUT2D eigenvalue weighted by Gasteiger charge is -2.13. The molecule has 5 rings (SSSR count). The molecule has 8 heteroatoms. The van der Waals surface area contributed by atoms with Gasteiger partial charge in [0.2, 0.25) is 5.91 Å². The Hall–Kier alpha value is -4.33. The van der Waals surface area contributed by atoms with Crippen LogP contribution < -0.4 is 15.5 Å². The molecule has 2 N–H and O–H groups in total. The lowest BCUT2D eigenvalue weighted by atomic mass is 9.93. The fraction of sp³-hybridized carbons (Fsp3) is 0.300. The summed E-state index contributed by atoms with van der Waals surface area (Å²) in [7, 11) is 0. The Morgan fingerprint density at radius 2 is 1.82 bits per heavy atom. The molecule has 2 aromatic heterocycles. The van der Waals surface area contributed by atoms with Crippen molar-refractivity contribution in [3.8, 4) is 5.75 Å². The molecular formula is C30H31N3O5. The molecule has 4 aromatic rings. The first-order valence-electron chi connectivity index (χ1n) is 12.8. The van der Waals surface area contributed by atoms with Crippen molar-refractivity contribution in [1.82, 2.24) is 5.43 Å². The minimum Gasteiger partial charge on any atom is -0.494 e. The Labute approximate surface area is 221 Å². The van der Waals surface area contributed by atoms with Crippen LogP contribution in [0.1, 0.15) is 63.9 Å². The third-order valence-corrected chi connectivity index (χ3v) is 6.96. The van der Waals surface area contributed by atoms with Crippen LogP contribution in [0.3, 0.4) is 0 Å². The highest BCUT2D eigenvalue weighted by molar-refractivity contribution is 6.09. The van der Waals surface area contributed by atoms with Gasteiger partial charge in [-0.25, -0.2) is 5.43 Å². The Morgan fingerprint density at radius 3 is 2.58 bits per heavy atom. The molecule has 8 nitrogen and oxygen atoms in total. The fourth-order valence-electron chi connectivity index (χ4n) is 4.85. The van der Waals surface area contributed by atoms with Crippen LogP contribution >= 0.6 is 0 Å². The van der Waals surface area contributed by atoms with Gasteiger partial charge in [-0.05, 0) is 75.9 Å². The van der Waals surface area contributed by atoms with E-state index in [1.807, 2.05) is 39.8 Å². The topological polar surface area (TPSA) is 106 Å². The molecule has 0 aliphatic heterocycles. The number of furan rings is 2. The normalized spacial score (nSPS) is 13.9. The van der Waals surface area contributed by atoms with E-state index in [1.165, 1.54) is 0 Å². The molecule has 0 unspecified atom stereocenters. The summed E-state index contributed by atoms with van der Waals surface area (Å²) in [5.41, 5.74) is 9.40. The summed E-state index contributed by atoms with van der Waals surface area (Å²) in [6.45, 7) is 8.39. The van der Waals surface area contributed by atoms with Gasteiger partial charge in [-0.2, -0.15) is 5.10 Å². The van der Waals surface area contributed by atoms with E-state index >= 15 is 0 Å². The van der Waals surface area contributed by atoms with Crippen molar-refractivity contribution < 1.29 is 23.2 Å². The molecule has 1 aliphatic carbocycles. The van der Waals surface area contributed by atoms with Crippen molar-refractivity contribution in [2.45, 2.75) is 53.4 Å². The molecule has 0 bridgehead atoms. The van der Waals surface area contributed by atoms with Gasteiger partial charge >= 0.3 is 0 Å². The molecule has 2 aromatic carbocycles. The zero-order chi connectivity index (χ0) is 26.8. The fourth-order valence-corrected chi connectivity index (χ4v) is 4.85. The van der Waals surface area contributed by atoms with Crippen LogP contribution in [0.15, 0.2) is 56.6 Å². The van der Waals surface area contributed by atoms with Crippen LogP contribution in [0.5, 0.6) is 5.75 Å². The van der Waals surface area contributed by atoms with Gasteiger partial charge < -0.3 is 18.9 Å². The standard InChI is InChI=1S/C30H31N3O5/c1-5-36-22-12-10-21(11-13-22)31-30(35)29-19(4)27-24(7-6-8-25(27)38-29)32-33-26(34)15-20-16-37-28-18(3)17(2)9-14-23(20)28/h9-14,16H,5-8,15H2,1-4H3,(H,31,35)(H,33,34)/b32-24+. The molecule has 0 radical (unpaired) electrons. The van der Waals surface area contributed by atoms with Crippen LogP contribution in [0, 0.1) is 20.8 Å². The number of ether oxygens (including phenoxy) is 1. The van der Waals surface area contributed by atoms with Crippen molar-refractivity contribution in [1.29, 1.82) is 0 Å². The number of carbonyl (C=O) groups excluding carboxylic acids is 2. The number of hydrazone groups is 1. The number of aryl methyl sites for hydroxylation is 3. The van der Waals surface area contributed by atoms with Crippen LogP contribution in [0.2, 0.25) is 0 Å². The smallest absolute Gasteiger partial charge is 0.291 e. The Morgan fingerprint density at radius 1 is 1.03 bits per heavy atom. The van der Waals surface area contributed by atoms with Gasteiger partial charge in [0.25, 0.3) is 5.91 Å². The predicted octanol–water partition coefficient (Wildman–Crippen LogP) is 6.00. The number of hydrogen-bond acceptors (Lipinski definition) is 6. The average Bonchev–Trinajstić information content (AvgIpc) is 3.47. The number of rotatable bonds is 7. The summed E-state index contributed by atoms with van der Waals surface area (Å²) in [5, 5.41) is 8.26. The van der Waals surface area contributed by atoms with E-state index in [1.54, 1.807) is 30.5 Å². The van der Waals surface area contributed by atoms with Crippen molar-refractivity contribution in [3.05, 3.63) is 82.0 Å². The summed E-state index contributed by atoms with van der Waals surface area (Å²) >= 11 is 0. The van der Waals surface area contributed by atoms with E-state index in [0.717, 1.165) is 45.4 Å². The first kappa shape index (κ1) is 25.3. The quantitative estimate of drug-likeness (QED) is 0.295. The molecule has 1 aliphatic rings. The Bertz CT molecular complexity index is 1540. The van der Waals surface area contributed by atoms with Crippen LogP contribution in [0.25, 0.3) is 11.0 Å². The first-order chi connectivity index (χ1) is 18.4. The molecule has 2 amide bonds. The van der Waals surface area contributed by atoms with E-state index in [0.29, 0.717) is 42.2 Å². The van der Waals surface area contributed by atoms with Gasteiger partial charge in [0.1, 0.15) is 17.1 Å². The lowest BCUT2D eigenvalue weighted by Crippen LogP contribution is -2.23. The number of amides is 2. The second-order valence-corrected chi connectivity index (χ2v) is 9.53. The molecule has 0 fully saturated rings. The number of nitrogens with zero attached hydrogens (tertiary/aromatic N) is 1. The highest BCUT2D eigenvalue weighted by Crippen LogP contribution is 2.31. The van der Waals surface area contributed by atoms with E-state index in [-0.39, 0.29) is 24.0 Å². The number of nitrogens with one attached hydrogen (secondary N) is 2. The number of carbonyl (C=O) groups is 2. The van der Waals surface area contributed by atoms with Crippen LogP contribution in [0.4, 0.5) is 5.69 Å². The van der Waals surface area contributed by atoms with Crippen molar-refractivity contribution in [2.75, 3.05) is 11.9 Å². The largest absolute Gasteiger partial charge is 0.494 e. The third-order valence-electron chi connectivity index (χ3n) is 6.96. The first-order valence-corrected chi connectivity index (χ1v) is 12.8. The molecule has 0 saturated heterocycles. The molecule has 38 heavy (non-hydrogen) atoms. The molecule has 0 spiro atoms. The minimum absolute atomic E-state index is 0.152. The monoisotopic (exact) mass is 513 g/mol. The molecular weight excluding hydrogens is 482 g/mol. The maximum absolute atomic E-state index is 13.0. The predicted molar refractivity (Wildman–Crippen MR) is 146 cm³/mol. The number of fused-ring (bicyclic) bond motifs is 2. The SMILES string of the molecule is CCOc1ccc(NC(=O)c2oc3c(c2C)/C(=N/NC(=O)Cc2coc4c(C)c(C)ccc24)CCC3)cc1. The zero-order valence-corrected chi connectivity index (χ0v) is 22.1. The summed E-state index contributed by atoms with van der Waals surface area (Å²) in [6.07, 6.45) is 4.00. The second-order valence-electron chi connectivity index (χ2n) is 9.53. The number of anilines is 1. The third kappa shape index (κ3) is 4.94. The molecule has 2 heterocycles. The van der Waals surface area contributed by atoms with Crippen molar-refractivity contribution in [3.63, 3.8) is 0 Å². The molecule has 0 atom stereocenters. The summed E-state index contributed by atoms with van der Waals surface area (Å²) < 4.78 is 17.2.